The summed E-state index contributed by atoms with van der Waals surface area (Å²) in [6.07, 6.45) is 1.49. The van der Waals surface area contributed by atoms with Crippen LogP contribution >= 0.6 is 15.9 Å². The number of rotatable bonds is 3. The Labute approximate surface area is 97.0 Å². The highest BCUT2D eigenvalue weighted by atomic mass is 79.9. The molecule has 3 heteroatoms. The summed E-state index contributed by atoms with van der Waals surface area (Å²) in [6.45, 7) is 0. The highest BCUT2D eigenvalue weighted by Gasteiger charge is 2.17. The lowest BCUT2D eigenvalue weighted by Gasteiger charge is -2.14. The summed E-state index contributed by atoms with van der Waals surface area (Å²) in [5.41, 5.74) is 1.06. The number of benzene rings is 1. The van der Waals surface area contributed by atoms with Crippen molar-refractivity contribution in [3.8, 4) is 0 Å². The first-order valence-corrected chi connectivity index (χ1v) is 5.43. The Balaban J connectivity index is 2.40. The first kappa shape index (κ1) is 10.5. The van der Waals surface area contributed by atoms with Crippen molar-refractivity contribution < 1.29 is 9.15 Å². The maximum absolute atomic E-state index is 5.44. The van der Waals surface area contributed by atoms with E-state index in [-0.39, 0.29) is 6.10 Å². The second-order valence-electron chi connectivity index (χ2n) is 3.15. The number of hydrogen-bond acceptors (Lipinski definition) is 2. The minimum atomic E-state index is -0.157. The van der Waals surface area contributed by atoms with Crippen molar-refractivity contribution in [2.75, 3.05) is 7.11 Å². The van der Waals surface area contributed by atoms with Crippen LogP contribution in [0, 0.1) is 0 Å². The van der Waals surface area contributed by atoms with Crippen molar-refractivity contribution in [3.63, 3.8) is 0 Å². The number of hydrogen-bond donors (Lipinski definition) is 0. The van der Waals surface area contributed by atoms with Gasteiger partial charge in [0.25, 0.3) is 0 Å². The van der Waals surface area contributed by atoms with Crippen LogP contribution in [-0.4, -0.2) is 7.11 Å². The monoisotopic (exact) mass is 266 g/mol. The van der Waals surface area contributed by atoms with Gasteiger partial charge in [-0.25, -0.2) is 0 Å². The molecule has 2 aromatic rings. The summed E-state index contributed by atoms with van der Waals surface area (Å²) in [5.74, 6) is 0.810. The first-order valence-electron chi connectivity index (χ1n) is 4.63. The summed E-state index contributed by atoms with van der Waals surface area (Å²) in [5, 5.41) is 0. The van der Waals surface area contributed by atoms with Gasteiger partial charge in [-0.1, -0.05) is 34.1 Å². The smallest absolute Gasteiger partial charge is 0.141 e. The third-order valence-corrected chi connectivity index (χ3v) is 2.95. The van der Waals surface area contributed by atoms with E-state index in [1.54, 1.807) is 13.4 Å². The predicted molar refractivity (Wildman–Crippen MR) is 61.7 cm³/mol. The van der Waals surface area contributed by atoms with E-state index in [4.69, 9.17) is 9.15 Å². The van der Waals surface area contributed by atoms with Gasteiger partial charge in [-0.05, 0) is 18.2 Å². The molecule has 2 nitrogen and oxygen atoms in total. The van der Waals surface area contributed by atoms with Crippen molar-refractivity contribution >= 4 is 15.9 Å². The molecule has 1 atom stereocenters. The fourth-order valence-electron chi connectivity index (χ4n) is 1.52. The van der Waals surface area contributed by atoms with Gasteiger partial charge < -0.3 is 9.15 Å². The van der Waals surface area contributed by atoms with Crippen LogP contribution in [0.25, 0.3) is 0 Å². The van der Waals surface area contributed by atoms with Gasteiger partial charge in [0.15, 0.2) is 0 Å². The molecule has 1 heterocycles. The third kappa shape index (κ3) is 2.13. The zero-order chi connectivity index (χ0) is 10.7. The Bertz CT molecular complexity index is 423. The maximum atomic E-state index is 5.44. The van der Waals surface area contributed by atoms with Crippen LogP contribution in [0.3, 0.4) is 0 Å². The van der Waals surface area contributed by atoms with E-state index in [0.717, 1.165) is 15.8 Å². The largest absolute Gasteiger partial charge is 0.466 e. The highest BCUT2D eigenvalue weighted by molar-refractivity contribution is 9.10. The summed E-state index contributed by atoms with van der Waals surface area (Å²) in [6, 6.07) is 11.7. The summed E-state index contributed by atoms with van der Waals surface area (Å²) in [4.78, 5) is 0. The van der Waals surface area contributed by atoms with Gasteiger partial charge in [-0.3, -0.25) is 0 Å². The quantitative estimate of drug-likeness (QED) is 0.844. The van der Waals surface area contributed by atoms with E-state index in [0.29, 0.717) is 0 Å². The molecule has 1 aromatic carbocycles. The van der Waals surface area contributed by atoms with Crippen LogP contribution in [0.1, 0.15) is 17.4 Å². The number of halogens is 1. The number of furan rings is 1. The van der Waals surface area contributed by atoms with Crippen molar-refractivity contribution in [1.82, 2.24) is 0 Å². The highest BCUT2D eigenvalue weighted by Crippen LogP contribution is 2.30. The Morgan fingerprint density at radius 3 is 2.60 bits per heavy atom. The molecule has 0 amide bonds. The zero-order valence-corrected chi connectivity index (χ0v) is 9.90. The van der Waals surface area contributed by atoms with Gasteiger partial charge in [0.2, 0.25) is 0 Å². The normalized spacial score (nSPS) is 12.7. The van der Waals surface area contributed by atoms with Gasteiger partial charge in [0, 0.05) is 17.1 Å². The van der Waals surface area contributed by atoms with Crippen LogP contribution < -0.4 is 0 Å². The molecule has 1 aromatic heterocycles. The Kier molecular flexibility index (Phi) is 3.23. The van der Waals surface area contributed by atoms with Crippen LogP contribution in [0.2, 0.25) is 0 Å². The van der Waals surface area contributed by atoms with E-state index < -0.39 is 0 Å². The summed E-state index contributed by atoms with van der Waals surface area (Å²) < 4.78 is 11.8. The van der Waals surface area contributed by atoms with Crippen molar-refractivity contribution in [3.05, 3.63) is 58.5 Å². The van der Waals surface area contributed by atoms with E-state index in [2.05, 4.69) is 15.9 Å². The second kappa shape index (κ2) is 4.64. The second-order valence-corrected chi connectivity index (χ2v) is 4.01. The molecule has 0 fully saturated rings. The fraction of sp³-hybridized carbons (Fsp3) is 0.167. The molecule has 0 aliphatic carbocycles. The van der Waals surface area contributed by atoms with Crippen LogP contribution in [0.15, 0.2) is 51.6 Å². The molecule has 0 spiro atoms. The van der Waals surface area contributed by atoms with Gasteiger partial charge >= 0.3 is 0 Å². The van der Waals surface area contributed by atoms with Crippen molar-refractivity contribution in [1.29, 1.82) is 0 Å². The van der Waals surface area contributed by atoms with E-state index in [1.807, 2.05) is 36.4 Å². The Morgan fingerprint density at radius 2 is 2.00 bits per heavy atom. The van der Waals surface area contributed by atoms with Crippen molar-refractivity contribution in [2.24, 2.45) is 0 Å². The fourth-order valence-corrected chi connectivity index (χ4v) is 2.02. The van der Waals surface area contributed by atoms with E-state index in [1.165, 1.54) is 0 Å². The number of methoxy groups -OCH3 is 1. The average molecular weight is 267 g/mol. The molecule has 0 bridgehead atoms. The van der Waals surface area contributed by atoms with E-state index >= 15 is 0 Å². The summed E-state index contributed by atoms with van der Waals surface area (Å²) >= 11 is 3.50. The molecule has 0 saturated carbocycles. The van der Waals surface area contributed by atoms with Crippen LogP contribution in [-0.2, 0) is 4.74 Å². The minimum absolute atomic E-state index is 0.157. The zero-order valence-electron chi connectivity index (χ0n) is 8.31. The Hall–Kier alpha value is -1.06. The topological polar surface area (TPSA) is 22.4 Å². The molecule has 0 saturated heterocycles. The lowest BCUT2D eigenvalue weighted by Crippen LogP contribution is -2.02. The van der Waals surface area contributed by atoms with Crippen LogP contribution in [0.5, 0.6) is 0 Å². The molecule has 0 N–H and O–H groups in total. The van der Waals surface area contributed by atoms with E-state index in [9.17, 15) is 0 Å². The first-order chi connectivity index (χ1) is 7.33. The van der Waals surface area contributed by atoms with Gasteiger partial charge in [-0.2, -0.15) is 0 Å². The molecule has 0 radical (unpaired) electrons. The lowest BCUT2D eigenvalue weighted by atomic mass is 10.1. The SMILES string of the molecule is COC(c1ccco1)c1ccccc1Br. The maximum Gasteiger partial charge on any atom is 0.141 e. The lowest BCUT2D eigenvalue weighted by molar-refractivity contribution is 0.116. The number of ether oxygens (including phenoxy) is 1. The summed E-state index contributed by atoms with van der Waals surface area (Å²) in [7, 11) is 1.67. The van der Waals surface area contributed by atoms with Crippen LogP contribution in [0.4, 0.5) is 0 Å². The molecule has 15 heavy (non-hydrogen) atoms. The molecular formula is C12H11BrO2. The molecule has 2 rings (SSSR count). The molecular weight excluding hydrogens is 256 g/mol. The standard InChI is InChI=1S/C12H11BrO2/c1-14-12(11-7-4-8-15-11)9-5-2-3-6-10(9)13/h2-8,12H,1H3. The van der Waals surface area contributed by atoms with Gasteiger partial charge in [0.1, 0.15) is 11.9 Å². The molecule has 1 unspecified atom stereocenters. The predicted octanol–water partition coefficient (Wildman–Crippen LogP) is 3.78. The minimum Gasteiger partial charge on any atom is -0.466 e. The van der Waals surface area contributed by atoms with Gasteiger partial charge in [0.05, 0.1) is 6.26 Å². The van der Waals surface area contributed by atoms with Crippen molar-refractivity contribution in [2.45, 2.75) is 6.10 Å². The Morgan fingerprint density at radius 1 is 1.20 bits per heavy atom. The average Bonchev–Trinajstić information content (AvgIpc) is 2.75. The van der Waals surface area contributed by atoms with Gasteiger partial charge in [-0.15, -0.1) is 0 Å². The third-order valence-electron chi connectivity index (χ3n) is 2.22. The molecule has 0 aliphatic heterocycles. The molecule has 78 valence electrons. The molecule has 0 aliphatic rings.